The second kappa shape index (κ2) is 5.66. The van der Waals surface area contributed by atoms with E-state index in [-0.39, 0.29) is 17.3 Å². The van der Waals surface area contributed by atoms with Gasteiger partial charge in [-0.25, -0.2) is 4.39 Å². The maximum absolute atomic E-state index is 13.4. The van der Waals surface area contributed by atoms with Gasteiger partial charge in [0.05, 0.1) is 6.04 Å². The molecule has 1 nitrogen and oxygen atoms in total. The highest BCUT2D eigenvalue weighted by Crippen LogP contribution is 2.29. The zero-order valence-electron chi connectivity index (χ0n) is 12.0. The molecule has 0 saturated heterocycles. The summed E-state index contributed by atoms with van der Waals surface area (Å²) in [5.41, 5.74) is 9.35. The number of hydrogen-bond acceptors (Lipinski definition) is 1. The Morgan fingerprint density at radius 3 is 2.20 bits per heavy atom. The van der Waals surface area contributed by atoms with E-state index in [9.17, 15) is 4.39 Å². The molecule has 2 aromatic carbocycles. The second-order valence-electron chi connectivity index (χ2n) is 6.02. The van der Waals surface area contributed by atoms with Gasteiger partial charge in [-0.2, -0.15) is 0 Å². The lowest BCUT2D eigenvalue weighted by molar-refractivity contribution is 0.589. The Labute approximate surface area is 128 Å². The summed E-state index contributed by atoms with van der Waals surface area (Å²) in [4.78, 5) is 0. The highest BCUT2D eigenvalue weighted by Gasteiger charge is 2.16. The van der Waals surface area contributed by atoms with Gasteiger partial charge in [-0.3, -0.25) is 0 Å². The molecule has 0 aliphatic rings. The minimum Gasteiger partial charge on any atom is -0.320 e. The van der Waals surface area contributed by atoms with Crippen molar-refractivity contribution < 1.29 is 4.39 Å². The molecule has 106 valence electrons. The summed E-state index contributed by atoms with van der Waals surface area (Å²) in [6, 6.07) is 12.5. The molecule has 0 aromatic heterocycles. The predicted octanol–water partition coefficient (Wildman–Crippen LogP) is 4.93. The molecule has 2 aromatic rings. The quantitative estimate of drug-likeness (QED) is 0.826. The van der Waals surface area contributed by atoms with Gasteiger partial charge in [0.25, 0.3) is 0 Å². The summed E-state index contributed by atoms with van der Waals surface area (Å²) in [7, 11) is 0. The van der Waals surface area contributed by atoms with E-state index in [4.69, 9.17) is 5.73 Å². The molecule has 0 heterocycles. The Morgan fingerprint density at radius 2 is 1.65 bits per heavy atom. The van der Waals surface area contributed by atoms with Crippen LogP contribution in [0.2, 0.25) is 0 Å². The van der Waals surface area contributed by atoms with Gasteiger partial charge >= 0.3 is 0 Å². The molecule has 1 unspecified atom stereocenters. The van der Waals surface area contributed by atoms with Crippen LogP contribution in [0, 0.1) is 5.82 Å². The van der Waals surface area contributed by atoms with Gasteiger partial charge < -0.3 is 5.73 Å². The fourth-order valence-corrected chi connectivity index (χ4v) is 2.62. The fourth-order valence-electron chi connectivity index (χ4n) is 2.12. The van der Waals surface area contributed by atoms with Crippen molar-refractivity contribution in [3.63, 3.8) is 0 Å². The van der Waals surface area contributed by atoms with Crippen molar-refractivity contribution in [3.8, 4) is 0 Å². The highest BCUT2D eigenvalue weighted by atomic mass is 79.9. The van der Waals surface area contributed by atoms with E-state index in [1.54, 1.807) is 6.07 Å². The van der Waals surface area contributed by atoms with Crippen LogP contribution < -0.4 is 5.73 Å². The van der Waals surface area contributed by atoms with Crippen LogP contribution in [0.4, 0.5) is 4.39 Å². The van der Waals surface area contributed by atoms with Crippen molar-refractivity contribution in [1.29, 1.82) is 0 Å². The summed E-state index contributed by atoms with van der Waals surface area (Å²) < 4.78 is 14.2. The van der Waals surface area contributed by atoms with E-state index in [0.29, 0.717) is 0 Å². The Bertz CT molecular complexity index is 599. The summed E-state index contributed by atoms with van der Waals surface area (Å²) >= 11 is 3.43. The first-order valence-electron chi connectivity index (χ1n) is 6.60. The Kier molecular flexibility index (Phi) is 4.31. The van der Waals surface area contributed by atoms with Crippen LogP contribution >= 0.6 is 15.9 Å². The smallest absolute Gasteiger partial charge is 0.123 e. The fraction of sp³-hybridized carbons (Fsp3) is 0.294. The van der Waals surface area contributed by atoms with Crippen LogP contribution in [0.5, 0.6) is 0 Å². The molecule has 0 amide bonds. The maximum atomic E-state index is 13.4. The van der Waals surface area contributed by atoms with Crippen molar-refractivity contribution in [1.82, 2.24) is 0 Å². The van der Waals surface area contributed by atoms with E-state index in [1.165, 1.54) is 17.7 Å². The summed E-state index contributed by atoms with van der Waals surface area (Å²) in [5, 5.41) is 0. The minimum atomic E-state index is -0.339. The van der Waals surface area contributed by atoms with Gasteiger partial charge in [0.1, 0.15) is 5.82 Å². The predicted molar refractivity (Wildman–Crippen MR) is 85.3 cm³/mol. The third-order valence-corrected chi connectivity index (χ3v) is 4.15. The topological polar surface area (TPSA) is 26.0 Å². The lowest BCUT2D eigenvalue weighted by atomic mass is 9.86. The zero-order chi connectivity index (χ0) is 14.9. The van der Waals surface area contributed by atoms with Crippen molar-refractivity contribution in [2.75, 3.05) is 0 Å². The number of rotatable bonds is 2. The Hall–Kier alpha value is -1.19. The van der Waals surface area contributed by atoms with E-state index in [2.05, 4.69) is 48.8 Å². The number of benzene rings is 2. The monoisotopic (exact) mass is 335 g/mol. The van der Waals surface area contributed by atoms with Crippen LogP contribution in [0.25, 0.3) is 0 Å². The first-order chi connectivity index (χ1) is 9.29. The standard InChI is InChI=1S/C17H19BrFN/c1-17(2,3)12-6-4-11(5-7-12)16(20)14-10-13(19)8-9-15(14)18/h4-10,16H,20H2,1-3H3. The lowest BCUT2D eigenvalue weighted by Gasteiger charge is -2.20. The molecule has 0 fully saturated rings. The van der Waals surface area contributed by atoms with Crippen LogP contribution in [0.1, 0.15) is 43.5 Å². The highest BCUT2D eigenvalue weighted by molar-refractivity contribution is 9.10. The van der Waals surface area contributed by atoms with E-state index in [0.717, 1.165) is 15.6 Å². The summed E-state index contributed by atoms with van der Waals surface area (Å²) in [5.74, 6) is -0.273. The second-order valence-corrected chi connectivity index (χ2v) is 6.87. The summed E-state index contributed by atoms with van der Waals surface area (Å²) in [6.45, 7) is 6.52. The third-order valence-electron chi connectivity index (χ3n) is 3.43. The van der Waals surface area contributed by atoms with Crippen LogP contribution in [-0.4, -0.2) is 0 Å². The molecule has 0 saturated carbocycles. The molecule has 1 atom stereocenters. The van der Waals surface area contributed by atoms with Gasteiger partial charge in [0.15, 0.2) is 0 Å². The van der Waals surface area contributed by atoms with Crippen LogP contribution in [0.3, 0.4) is 0 Å². The first kappa shape index (κ1) is 15.2. The minimum absolute atomic E-state index is 0.113. The molecule has 0 aliphatic heterocycles. The van der Waals surface area contributed by atoms with Crippen molar-refractivity contribution in [3.05, 3.63) is 69.4 Å². The molecule has 0 bridgehead atoms. The van der Waals surface area contributed by atoms with Gasteiger partial charge in [-0.05, 0) is 40.3 Å². The molecule has 2 rings (SSSR count). The molecule has 2 N–H and O–H groups in total. The maximum Gasteiger partial charge on any atom is 0.123 e. The zero-order valence-corrected chi connectivity index (χ0v) is 13.5. The van der Waals surface area contributed by atoms with Crippen molar-refractivity contribution in [2.24, 2.45) is 5.73 Å². The molecule has 3 heteroatoms. The van der Waals surface area contributed by atoms with Crippen molar-refractivity contribution in [2.45, 2.75) is 32.2 Å². The normalized spacial score (nSPS) is 13.3. The SMILES string of the molecule is CC(C)(C)c1ccc(C(N)c2cc(F)ccc2Br)cc1. The number of hydrogen-bond donors (Lipinski definition) is 1. The van der Waals surface area contributed by atoms with Crippen LogP contribution in [0.15, 0.2) is 46.9 Å². The van der Waals surface area contributed by atoms with Gasteiger partial charge in [0.2, 0.25) is 0 Å². The van der Waals surface area contributed by atoms with Crippen molar-refractivity contribution >= 4 is 15.9 Å². The summed E-state index contributed by atoms with van der Waals surface area (Å²) in [6.07, 6.45) is 0. The van der Waals surface area contributed by atoms with Gasteiger partial charge in [-0.15, -0.1) is 0 Å². The average Bonchev–Trinajstić information content (AvgIpc) is 2.40. The first-order valence-corrected chi connectivity index (χ1v) is 7.39. The largest absolute Gasteiger partial charge is 0.320 e. The lowest BCUT2D eigenvalue weighted by Crippen LogP contribution is -2.14. The molecular weight excluding hydrogens is 317 g/mol. The Morgan fingerprint density at radius 1 is 1.05 bits per heavy atom. The number of halogens is 2. The number of nitrogens with two attached hydrogens (primary N) is 1. The third kappa shape index (κ3) is 3.28. The van der Waals surface area contributed by atoms with E-state index < -0.39 is 0 Å². The molecule has 0 radical (unpaired) electrons. The Balaban J connectivity index is 2.34. The van der Waals surface area contributed by atoms with Gasteiger partial charge in [-0.1, -0.05) is 61.0 Å². The molecule has 20 heavy (non-hydrogen) atoms. The average molecular weight is 336 g/mol. The van der Waals surface area contributed by atoms with Gasteiger partial charge in [0, 0.05) is 4.47 Å². The van der Waals surface area contributed by atoms with E-state index in [1.807, 2.05) is 12.1 Å². The van der Waals surface area contributed by atoms with E-state index >= 15 is 0 Å². The molecule has 0 aliphatic carbocycles. The molecular formula is C17H19BrFN. The van der Waals surface area contributed by atoms with Crippen LogP contribution in [-0.2, 0) is 5.41 Å². The molecule has 0 spiro atoms.